The van der Waals surface area contributed by atoms with E-state index in [-0.39, 0.29) is 17.1 Å². The van der Waals surface area contributed by atoms with Crippen molar-refractivity contribution in [3.63, 3.8) is 0 Å². The van der Waals surface area contributed by atoms with Crippen molar-refractivity contribution in [2.75, 3.05) is 0 Å². The topological polar surface area (TPSA) is 35.5 Å². The van der Waals surface area contributed by atoms with Gasteiger partial charge in [0.1, 0.15) is 5.76 Å². The smallest absolute Gasteiger partial charge is 0.308 e. The largest absolute Gasteiger partial charge is 0.427 e. The van der Waals surface area contributed by atoms with Crippen LogP contribution in [0.1, 0.15) is 67.2 Å². The van der Waals surface area contributed by atoms with Crippen molar-refractivity contribution >= 4 is 14.3 Å². The summed E-state index contributed by atoms with van der Waals surface area (Å²) in [4.78, 5) is 11.3. The van der Waals surface area contributed by atoms with E-state index >= 15 is 0 Å². The van der Waals surface area contributed by atoms with Crippen LogP contribution in [-0.4, -0.2) is 20.4 Å². The van der Waals surface area contributed by atoms with Crippen LogP contribution in [0.15, 0.2) is 23.0 Å². The molecule has 0 aliphatic heterocycles. The van der Waals surface area contributed by atoms with Crippen LogP contribution < -0.4 is 0 Å². The zero-order valence-electron chi connectivity index (χ0n) is 16.2. The van der Waals surface area contributed by atoms with Crippen LogP contribution in [0.3, 0.4) is 0 Å². The highest BCUT2D eigenvalue weighted by Gasteiger charge is 2.40. The molecule has 0 saturated carbocycles. The van der Waals surface area contributed by atoms with Gasteiger partial charge in [-0.2, -0.15) is 0 Å². The summed E-state index contributed by atoms with van der Waals surface area (Å²) in [5.41, 5.74) is 2.38. The third kappa shape index (κ3) is 5.61. The minimum atomic E-state index is -1.83. The fraction of sp³-hybridized carbons (Fsp3) is 0.737. The number of carbonyl (C=O) groups is 1. The predicted molar refractivity (Wildman–Crippen MR) is 98.8 cm³/mol. The summed E-state index contributed by atoms with van der Waals surface area (Å²) in [6.07, 6.45) is 6.29. The Labute approximate surface area is 143 Å². The van der Waals surface area contributed by atoms with Gasteiger partial charge in [0.05, 0.1) is 6.10 Å². The van der Waals surface area contributed by atoms with Gasteiger partial charge in [0.25, 0.3) is 0 Å². The summed E-state index contributed by atoms with van der Waals surface area (Å²) in [5.74, 6) is 0.466. The first-order valence-electron chi connectivity index (χ1n) is 8.74. The van der Waals surface area contributed by atoms with Gasteiger partial charge in [-0.1, -0.05) is 34.1 Å². The minimum absolute atomic E-state index is 0.127. The van der Waals surface area contributed by atoms with Crippen molar-refractivity contribution in [2.45, 2.75) is 91.5 Å². The summed E-state index contributed by atoms with van der Waals surface area (Å²) < 4.78 is 12.1. The van der Waals surface area contributed by atoms with Gasteiger partial charge >= 0.3 is 5.97 Å². The molecule has 0 N–H and O–H groups in total. The molecule has 1 aliphatic carbocycles. The van der Waals surface area contributed by atoms with Gasteiger partial charge in [0, 0.05) is 13.3 Å². The second-order valence-electron chi connectivity index (χ2n) is 8.13. The molecule has 0 saturated heterocycles. The molecule has 4 heteroatoms. The van der Waals surface area contributed by atoms with E-state index in [1.54, 1.807) is 0 Å². The summed E-state index contributed by atoms with van der Waals surface area (Å²) in [6.45, 7) is 17.1. The summed E-state index contributed by atoms with van der Waals surface area (Å²) in [6, 6.07) is 0. The van der Waals surface area contributed by atoms with Crippen LogP contribution in [0, 0.1) is 0 Å². The molecule has 0 aromatic rings. The SMILES string of the molecule is CCCCC1=CC(OC(C)=O)=C(C)C[C@H]1O[Si](C)(C)C(C)(C)C. The molecular formula is C19H34O3Si. The Morgan fingerprint density at radius 2 is 1.96 bits per heavy atom. The third-order valence-electron chi connectivity index (χ3n) is 4.96. The average Bonchev–Trinajstić information content (AvgIpc) is 2.38. The molecule has 0 heterocycles. The van der Waals surface area contributed by atoms with E-state index in [0.717, 1.165) is 37.0 Å². The highest BCUT2D eigenvalue weighted by molar-refractivity contribution is 6.74. The predicted octanol–water partition coefficient (Wildman–Crippen LogP) is 5.73. The van der Waals surface area contributed by atoms with E-state index in [1.807, 2.05) is 13.0 Å². The van der Waals surface area contributed by atoms with Crippen molar-refractivity contribution < 1.29 is 14.0 Å². The molecule has 0 fully saturated rings. The Balaban J connectivity index is 3.02. The fourth-order valence-corrected chi connectivity index (χ4v) is 3.73. The summed E-state index contributed by atoms with van der Waals surface area (Å²) >= 11 is 0. The molecule has 23 heavy (non-hydrogen) atoms. The van der Waals surface area contributed by atoms with Crippen molar-refractivity contribution in [3.05, 3.63) is 23.0 Å². The zero-order valence-corrected chi connectivity index (χ0v) is 17.2. The van der Waals surface area contributed by atoms with Gasteiger partial charge in [-0.25, -0.2) is 0 Å². The minimum Gasteiger partial charge on any atom is -0.427 e. The molecule has 0 unspecified atom stereocenters. The number of hydrogen-bond acceptors (Lipinski definition) is 3. The van der Waals surface area contributed by atoms with Crippen LogP contribution in [-0.2, 0) is 14.0 Å². The number of unbranched alkanes of at least 4 members (excludes halogenated alkanes) is 1. The highest BCUT2D eigenvalue weighted by Crippen LogP contribution is 2.40. The lowest BCUT2D eigenvalue weighted by Crippen LogP contribution is -2.45. The zero-order chi connectivity index (χ0) is 17.8. The lowest BCUT2D eigenvalue weighted by atomic mass is 9.92. The van der Waals surface area contributed by atoms with Crippen LogP contribution >= 0.6 is 0 Å². The standard InChI is InChI=1S/C19H34O3Si/c1-9-10-11-16-13-17(21-15(3)20)14(2)12-18(16)22-23(7,8)19(4,5)6/h13,18H,9-12H2,1-8H3/t18-/m1/s1. The number of carbonyl (C=O) groups excluding carboxylic acids is 1. The Kier molecular flexibility index (Phi) is 6.84. The average molecular weight is 339 g/mol. The molecule has 0 aromatic carbocycles. The number of ether oxygens (including phenoxy) is 1. The second kappa shape index (κ2) is 7.80. The molecule has 0 aromatic heterocycles. The Morgan fingerprint density at radius 3 is 2.43 bits per heavy atom. The lowest BCUT2D eigenvalue weighted by molar-refractivity contribution is -0.136. The van der Waals surface area contributed by atoms with Crippen molar-refractivity contribution in [1.29, 1.82) is 0 Å². The van der Waals surface area contributed by atoms with Crippen LogP contribution in [0.25, 0.3) is 0 Å². The van der Waals surface area contributed by atoms with E-state index in [0.29, 0.717) is 0 Å². The van der Waals surface area contributed by atoms with Crippen LogP contribution in [0.5, 0.6) is 0 Å². The molecule has 132 valence electrons. The van der Waals surface area contributed by atoms with E-state index in [2.05, 4.69) is 40.8 Å². The van der Waals surface area contributed by atoms with Gasteiger partial charge in [0.2, 0.25) is 0 Å². The fourth-order valence-electron chi connectivity index (χ4n) is 2.43. The maximum absolute atomic E-state index is 11.3. The van der Waals surface area contributed by atoms with Gasteiger partial charge in [-0.3, -0.25) is 4.79 Å². The number of esters is 1. The molecule has 3 nitrogen and oxygen atoms in total. The van der Waals surface area contributed by atoms with E-state index in [4.69, 9.17) is 9.16 Å². The van der Waals surface area contributed by atoms with Gasteiger partial charge in [-0.15, -0.1) is 0 Å². The first-order chi connectivity index (χ1) is 10.5. The van der Waals surface area contributed by atoms with Gasteiger partial charge in [0.15, 0.2) is 8.32 Å². The normalized spacial score (nSPS) is 19.7. The molecular weight excluding hydrogens is 304 g/mol. The molecule has 0 amide bonds. The van der Waals surface area contributed by atoms with E-state index in [9.17, 15) is 4.79 Å². The number of rotatable bonds is 6. The Bertz CT molecular complexity index is 495. The number of allylic oxidation sites excluding steroid dienone is 1. The molecule has 1 rings (SSSR count). The lowest BCUT2D eigenvalue weighted by Gasteiger charge is -2.41. The summed E-state index contributed by atoms with van der Waals surface area (Å²) in [5, 5.41) is 0.191. The highest BCUT2D eigenvalue weighted by atomic mass is 28.4. The quantitative estimate of drug-likeness (QED) is 0.458. The van der Waals surface area contributed by atoms with E-state index < -0.39 is 8.32 Å². The Morgan fingerprint density at radius 1 is 1.35 bits per heavy atom. The third-order valence-corrected chi connectivity index (χ3v) is 9.44. The van der Waals surface area contributed by atoms with E-state index in [1.165, 1.54) is 12.5 Å². The number of hydrogen-bond donors (Lipinski definition) is 0. The van der Waals surface area contributed by atoms with Gasteiger partial charge < -0.3 is 9.16 Å². The molecule has 0 spiro atoms. The molecule has 1 atom stereocenters. The van der Waals surface area contributed by atoms with Crippen LogP contribution in [0.2, 0.25) is 18.1 Å². The second-order valence-corrected chi connectivity index (χ2v) is 12.9. The molecule has 1 aliphatic rings. The van der Waals surface area contributed by atoms with Crippen LogP contribution in [0.4, 0.5) is 0 Å². The van der Waals surface area contributed by atoms with Crippen molar-refractivity contribution in [3.8, 4) is 0 Å². The maximum atomic E-state index is 11.3. The van der Waals surface area contributed by atoms with Crippen molar-refractivity contribution in [2.24, 2.45) is 0 Å². The molecule has 0 radical (unpaired) electrons. The summed E-state index contributed by atoms with van der Waals surface area (Å²) in [7, 11) is -1.83. The first-order valence-corrected chi connectivity index (χ1v) is 11.6. The maximum Gasteiger partial charge on any atom is 0.308 e. The Hall–Kier alpha value is -0.873. The first kappa shape index (κ1) is 20.2. The monoisotopic (exact) mass is 338 g/mol. The molecule has 0 bridgehead atoms. The van der Waals surface area contributed by atoms with Gasteiger partial charge in [-0.05, 0) is 55.1 Å². The van der Waals surface area contributed by atoms with Crippen molar-refractivity contribution in [1.82, 2.24) is 0 Å².